The number of nitrogens with one attached hydrogen (secondary N) is 1. The fourth-order valence-electron chi connectivity index (χ4n) is 3.04. The van der Waals surface area contributed by atoms with Crippen molar-refractivity contribution in [3.05, 3.63) is 29.8 Å². The first-order valence-corrected chi connectivity index (χ1v) is 8.44. The highest BCUT2D eigenvalue weighted by atomic mass is 19.3. The SMILES string of the molecule is CCC(NC(=O)C(C)C1CCOCC1)c1ccc(OC(F)F)cc1. The normalized spacial score (nSPS) is 18.2. The number of carbonyl (C=O) groups excluding carboxylic acids is 1. The third kappa shape index (κ3) is 5.16. The van der Waals surface area contributed by atoms with Gasteiger partial charge in [-0.05, 0) is 42.9 Å². The fourth-order valence-corrected chi connectivity index (χ4v) is 3.04. The van der Waals surface area contributed by atoms with Gasteiger partial charge >= 0.3 is 6.61 Å². The predicted octanol–water partition coefficient (Wildman–Crippen LogP) is 3.92. The van der Waals surface area contributed by atoms with Crippen LogP contribution in [0.15, 0.2) is 24.3 Å². The minimum Gasteiger partial charge on any atom is -0.435 e. The van der Waals surface area contributed by atoms with Gasteiger partial charge in [0, 0.05) is 19.1 Å². The molecule has 1 aromatic rings. The lowest BCUT2D eigenvalue weighted by Gasteiger charge is -2.28. The van der Waals surface area contributed by atoms with Gasteiger partial charge in [0.1, 0.15) is 5.75 Å². The van der Waals surface area contributed by atoms with Crippen molar-refractivity contribution in [1.82, 2.24) is 5.32 Å². The Labute approximate surface area is 141 Å². The van der Waals surface area contributed by atoms with Crippen LogP contribution in [0.25, 0.3) is 0 Å². The summed E-state index contributed by atoms with van der Waals surface area (Å²) >= 11 is 0. The van der Waals surface area contributed by atoms with Gasteiger partial charge in [-0.1, -0.05) is 26.0 Å². The third-order valence-corrected chi connectivity index (χ3v) is 4.62. The quantitative estimate of drug-likeness (QED) is 0.818. The summed E-state index contributed by atoms with van der Waals surface area (Å²) in [5, 5.41) is 3.07. The van der Waals surface area contributed by atoms with Gasteiger partial charge in [-0.3, -0.25) is 4.79 Å². The average Bonchev–Trinajstić information content (AvgIpc) is 2.60. The van der Waals surface area contributed by atoms with Gasteiger partial charge in [-0.15, -0.1) is 0 Å². The second-order valence-electron chi connectivity index (χ2n) is 6.16. The second-order valence-corrected chi connectivity index (χ2v) is 6.16. The molecule has 1 heterocycles. The molecule has 2 rings (SSSR count). The number of carbonyl (C=O) groups is 1. The van der Waals surface area contributed by atoms with Crippen LogP contribution in [0, 0.1) is 11.8 Å². The van der Waals surface area contributed by atoms with Crippen molar-refractivity contribution in [3.8, 4) is 5.75 Å². The Bertz CT molecular complexity index is 516. The summed E-state index contributed by atoms with van der Waals surface area (Å²) in [6, 6.07) is 6.29. The highest BCUT2D eigenvalue weighted by molar-refractivity contribution is 5.79. The van der Waals surface area contributed by atoms with E-state index in [-0.39, 0.29) is 23.6 Å². The Morgan fingerprint density at radius 2 is 1.92 bits per heavy atom. The molecule has 1 fully saturated rings. The van der Waals surface area contributed by atoms with Crippen molar-refractivity contribution >= 4 is 5.91 Å². The molecule has 4 nitrogen and oxygen atoms in total. The summed E-state index contributed by atoms with van der Waals surface area (Å²) in [5.74, 6) is 0.426. The van der Waals surface area contributed by atoms with Gasteiger partial charge in [0.15, 0.2) is 0 Å². The van der Waals surface area contributed by atoms with Crippen LogP contribution in [0.3, 0.4) is 0 Å². The molecular formula is C18H25F2NO3. The maximum atomic E-state index is 12.5. The highest BCUT2D eigenvalue weighted by Gasteiger charge is 2.27. The molecule has 1 saturated heterocycles. The molecule has 0 aliphatic carbocycles. The molecule has 24 heavy (non-hydrogen) atoms. The van der Waals surface area contributed by atoms with Crippen LogP contribution in [-0.4, -0.2) is 25.7 Å². The molecule has 1 aliphatic rings. The van der Waals surface area contributed by atoms with Crippen LogP contribution < -0.4 is 10.1 Å². The summed E-state index contributed by atoms with van der Waals surface area (Å²) in [7, 11) is 0. The van der Waals surface area contributed by atoms with E-state index in [1.807, 2.05) is 13.8 Å². The molecular weight excluding hydrogens is 316 g/mol. The van der Waals surface area contributed by atoms with Crippen molar-refractivity contribution < 1.29 is 23.0 Å². The Morgan fingerprint density at radius 3 is 2.46 bits per heavy atom. The van der Waals surface area contributed by atoms with E-state index in [9.17, 15) is 13.6 Å². The monoisotopic (exact) mass is 341 g/mol. The number of hydrogen-bond donors (Lipinski definition) is 1. The van der Waals surface area contributed by atoms with Crippen molar-refractivity contribution in [1.29, 1.82) is 0 Å². The Balaban J connectivity index is 1.96. The first-order chi connectivity index (χ1) is 11.5. The van der Waals surface area contributed by atoms with Crippen LogP contribution in [0.4, 0.5) is 8.78 Å². The number of amides is 1. The summed E-state index contributed by atoms with van der Waals surface area (Å²) in [6.07, 6.45) is 2.54. The van der Waals surface area contributed by atoms with Crippen LogP contribution in [0.2, 0.25) is 0 Å². The zero-order chi connectivity index (χ0) is 17.5. The maximum Gasteiger partial charge on any atom is 0.387 e. The molecule has 0 bridgehead atoms. The lowest BCUT2D eigenvalue weighted by molar-refractivity contribution is -0.128. The molecule has 1 aromatic carbocycles. The minimum absolute atomic E-state index is 0.0293. The van der Waals surface area contributed by atoms with Crippen LogP contribution in [0.5, 0.6) is 5.75 Å². The lowest BCUT2D eigenvalue weighted by Crippen LogP contribution is -2.37. The molecule has 1 amide bonds. The molecule has 0 radical (unpaired) electrons. The zero-order valence-electron chi connectivity index (χ0n) is 14.1. The Morgan fingerprint density at radius 1 is 1.29 bits per heavy atom. The number of halogens is 2. The number of ether oxygens (including phenoxy) is 2. The summed E-state index contributed by atoms with van der Waals surface area (Å²) in [6.45, 7) is 2.53. The first kappa shape index (κ1) is 18.6. The van der Waals surface area contributed by atoms with E-state index in [4.69, 9.17) is 4.74 Å². The Hall–Kier alpha value is -1.69. The van der Waals surface area contributed by atoms with Crippen molar-refractivity contribution in [3.63, 3.8) is 0 Å². The standard InChI is InChI=1S/C18H25F2NO3/c1-3-16(14-4-6-15(7-5-14)24-18(19)20)21-17(22)12(2)13-8-10-23-11-9-13/h4-7,12-13,16,18H,3,8-11H2,1-2H3,(H,21,22). The van der Waals surface area contributed by atoms with Gasteiger partial charge < -0.3 is 14.8 Å². The molecule has 2 unspecified atom stereocenters. The molecule has 1 N–H and O–H groups in total. The number of hydrogen-bond acceptors (Lipinski definition) is 3. The summed E-state index contributed by atoms with van der Waals surface area (Å²) in [5.41, 5.74) is 0.881. The van der Waals surface area contributed by atoms with E-state index in [2.05, 4.69) is 10.1 Å². The molecule has 1 aliphatic heterocycles. The predicted molar refractivity (Wildman–Crippen MR) is 87.0 cm³/mol. The molecule has 2 atom stereocenters. The molecule has 0 spiro atoms. The van der Waals surface area contributed by atoms with Crippen molar-refractivity contribution in [2.24, 2.45) is 11.8 Å². The van der Waals surface area contributed by atoms with E-state index in [1.165, 1.54) is 12.1 Å². The topological polar surface area (TPSA) is 47.6 Å². The minimum atomic E-state index is -2.84. The van der Waals surface area contributed by atoms with Gasteiger partial charge in [0.25, 0.3) is 0 Å². The molecule has 0 saturated carbocycles. The van der Waals surface area contributed by atoms with Crippen LogP contribution in [0.1, 0.15) is 44.7 Å². The van der Waals surface area contributed by atoms with E-state index >= 15 is 0 Å². The van der Waals surface area contributed by atoms with E-state index in [0.29, 0.717) is 19.1 Å². The van der Waals surface area contributed by atoms with Gasteiger partial charge in [0.2, 0.25) is 5.91 Å². The number of rotatable bonds is 7. The molecule has 0 aromatic heterocycles. The van der Waals surface area contributed by atoms with Crippen LogP contribution >= 0.6 is 0 Å². The third-order valence-electron chi connectivity index (χ3n) is 4.62. The van der Waals surface area contributed by atoms with Gasteiger partial charge in [-0.2, -0.15) is 8.78 Å². The molecule has 6 heteroatoms. The Kier molecular flexibility index (Phi) is 6.97. The van der Waals surface area contributed by atoms with Crippen molar-refractivity contribution in [2.75, 3.05) is 13.2 Å². The lowest BCUT2D eigenvalue weighted by atomic mass is 9.86. The van der Waals surface area contributed by atoms with Gasteiger partial charge in [0.05, 0.1) is 6.04 Å². The average molecular weight is 341 g/mol. The largest absolute Gasteiger partial charge is 0.435 e. The maximum absolute atomic E-state index is 12.5. The van der Waals surface area contributed by atoms with E-state index < -0.39 is 6.61 Å². The van der Waals surface area contributed by atoms with Gasteiger partial charge in [-0.25, -0.2) is 0 Å². The fraction of sp³-hybridized carbons (Fsp3) is 0.611. The highest BCUT2D eigenvalue weighted by Crippen LogP contribution is 2.26. The second kappa shape index (κ2) is 8.97. The number of benzene rings is 1. The first-order valence-electron chi connectivity index (χ1n) is 8.44. The molecule has 134 valence electrons. The summed E-state index contributed by atoms with van der Waals surface area (Å²) < 4.78 is 34.1. The van der Waals surface area contributed by atoms with E-state index in [0.717, 1.165) is 24.8 Å². The van der Waals surface area contributed by atoms with Crippen LogP contribution in [-0.2, 0) is 9.53 Å². The summed E-state index contributed by atoms with van der Waals surface area (Å²) in [4.78, 5) is 12.5. The zero-order valence-corrected chi connectivity index (χ0v) is 14.1. The van der Waals surface area contributed by atoms with Crippen molar-refractivity contribution in [2.45, 2.75) is 45.8 Å². The van der Waals surface area contributed by atoms with E-state index in [1.54, 1.807) is 12.1 Å². The smallest absolute Gasteiger partial charge is 0.387 e. The number of alkyl halides is 2.